The van der Waals surface area contributed by atoms with Crippen LogP contribution in [0.3, 0.4) is 0 Å². The molecule has 4 nitrogen and oxygen atoms in total. The van der Waals surface area contributed by atoms with Crippen molar-refractivity contribution >= 4 is 23.1 Å². The molecule has 4 heterocycles. The minimum atomic E-state index is -0.714. The minimum absolute atomic E-state index is 0.348. The number of carboxylic acid groups (broad SMARTS) is 1. The van der Waals surface area contributed by atoms with Crippen molar-refractivity contribution in [2.45, 2.75) is 32.2 Å². The second kappa shape index (κ2) is 4.96. The Bertz CT molecular complexity index is 879. The first-order valence-electron chi connectivity index (χ1n) is 8.97. The molecule has 1 unspecified atom stereocenters. The average Bonchev–Trinajstić information content (AvgIpc) is 2.94. The third kappa shape index (κ3) is 1.75. The molecule has 1 saturated heterocycles. The van der Waals surface area contributed by atoms with E-state index in [4.69, 9.17) is 0 Å². The highest BCUT2D eigenvalue weighted by Crippen LogP contribution is 2.51. The van der Waals surface area contributed by atoms with Crippen LogP contribution in [0, 0.1) is 11.8 Å². The number of nitrogens with zero attached hydrogens (tertiary/aromatic N) is 2. The van der Waals surface area contributed by atoms with Crippen LogP contribution in [0.25, 0.3) is 17.1 Å². The van der Waals surface area contributed by atoms with Gasteiger partial charge in [-0.3, -0.25) is 9.69 Å². The number of carboxylic acids is 1. The van der Waals surface area contributed by atoms with Crippen LogP contribution in [-0.4, -0.2) is 33.6 Å². The van der Waals surface area contributed by atoms with Crippen LogP contribution >= 0.6 is 0 Å². The Balaban J connectivity index is 1.82. The predicted octanol–water partition coefficient (Wildman–Crippen LogP) is 3.53. The normalized spacial score (nSPS) is 26.8. The van der Waals surface area contributed by atoms with Gasteiger partial charge in [-0.15, -0.1) is 0 Å². The van der Waals surface area contributed by atoms with Crippen molar-refractivity contribution in [3.8, 4) is 0 Å². The van der Waals surface area contributed by atoms with E-state index >= 15 is 0 Å². The second-order valence-electron chi connectivity index (χ2n) is 7.42. The molecule has 1 fully saturated rings. The second-order valence-corrected chi connectivity index (χ2v) is 7.42. The van der Waals surface area contributed by atoms with Crippen LogP contribution < -0.4 is 0 Å². The summed E-state index contributed by atoms with van der Waals surface area (Å²) in [4.78, 5) is 14.3. The molecule has 1 aromatic heterocycles. The van der Waals surface area contributed by atoms with Crippen molar-refractivity contribution in [3.63, 3.8) is 0 Å². The molecule has 24 heavy (non-hydrogen) atoms. The fraction of sp³-hybridized carbons (Fsp3) is 0.450. The van der Waals surface area contributed by atoms with E-state index in [2.05, 4.69) is 39.9 Å². The molecule has 3 aliphatic heterocycles. The SMILES string of the molecule is CC(C(=O)O)C1=Cn2c3c(c4ccccc42)CCN2CCC[C@H]1[C@H]32. The van der Waals surface area contributed by atoms with E-state index < -0.39 is 11.9 Å². The van der Waals surface area contributed by atoms with Gasteiger partial charge in [-0.1, -0.05) is 18.2 Å². The Hall–Kier alpha value is -2.07. The number of hydrogen-bond acceptors (Lipinski definition) is 2. The maximum Gasteiger partial charge on any atom is 0.310 e. The van der Waals surface area contributed by atoms with Gasteiger partial charge in [0.2, 0.25) is 0 Å². The summed E-state index contributed by atoms with van der Waals surface area (Å²) in [5, 5.41) is 11.0. The Morgan fingerprint density at radius 2 is 2.12 bits per heavy atom. The molecular formula is C20H22N2O2. The molecule has 1 aromatic carbocycles. The summed E-state index contributed by atoms with van der Waals surface area (Å²) in [6.45, 7) is 4.07. The Morgan fingerprint density at radius 1 is 1.29 bits per heavy atom. The van der Waals surface area contributed by atoms with E-state index in [0.29, 0.717) is 12.0 Å². The van der Waals surface area contributed by atoms with Crippen LogP contribution in [0.1, 0.15) is 37.1 Å². The zero-order chi connectivity index (χ0) is 16.4. The lowest BCUT2D eigenvalue weighted by Crippen LogP contribution is -2.46. The van der Waals surface area contributed by atoms with Gasteiger partial charge >= 0.3 is 5.97 Å². The van der Waals surface area contributed by atoms with Gasteiger partial charge in [0.1, 0.15) is 0 Å². The Kier molecular flexibility index (Phi) is 2.95. The Labute approximate surface area is 141 Å². The van der Waals surface area contributed by atoms with Gasteiger partial charge in [-0.05, 0) is 49.9 Å². The molecule has 2 aromatic rings. The summed E-state index contributed by atoms with van der Waals surface area (Å²) in [5.74, 6) is -0.787. The fourth-order valence-electron chi connectivity index (χ4n) is 5.18. The third-order valence-electron chi connectivity index (χ3n) is 6.30. The quantitative estimate of drug-likeness (QED) is 0.920. The number of carbonyl (C=O) groups is 1. The van der Waals surface area contributed by atoms with Crippen molar-refractivity contribution in [2.24, 2.45) is 11.8 Å². The van der Waals surface area contributed by atoms with Gasteiger partial charge in [0.05, 0.1) is 17.5 Å². The van der Waals surface area contributed by atoms with E-state index in [9.17, 15) is 9.90 Å². The van der Waals surface area contributed by atoms with Gasteiger partial charge in [-0.2, -0.15) is 0 Å². The fourth-order valence-corrected chi connectivity index (χ4v) is 5.18. The van der Waals surface area contributed by atoms with Crippen molar-refractivity contribution in [2.75, 3.05) is 13.1 Å². The van der Waals surface area contributed by atoms with E-state index in [1.807, 2.05) is 6.92 Å². The number of para-hydroxylation sites is 1. The molecule has 5 rings (SSSR count). The highest BCUT2D eigenvalue weighted by molar-refractivity contribution is 5.89. The number of fused-ring (bicyclic) bond motifs is 3. The number of aliphatic carboxylic acids is 1. The molecule has 4 heteroatoms. The van der Waals surface area contributed by atoms with Gasteiger partial charge in [0.15, 0.2) is 0 Å². The molecule has 0 aliphatic carbocycles. The van der Waals surface area contributed by atoms with Crippen molar-refractivity contribution in [1.29, 1.82) is 0 Å². The first kappa shape index (κ1) is 14.3. The van der Waals surface area contributed by atoms with Crippen LogP contribution in [-0.2, 0) is 11.2 Å². The maximum atomic E-state index is 11.7. The van der Waals surface area contributed by atoms with Gasteiger partial charge in [0.25, 0.3) is 0 Å². The van der Waals surface area contributed by atoms with Crippen LogP contribution in [0.2, 0.25) is 0 Å². The van der Waals surface area contributed by atoms with Crippen LogP contribution in [0.5, 0.6) is 0 Å². The predicted molar refractivity (Wildman–Crippen MR) is 93.8 cm³/mol. The number of aromatic nitrogens is 1. The first-order chi connectivity index (χ1) is 11.7. The zero-order valence-corrected chi connectivity index (χ0v) is 13.9. The first-order valence-corrected chi connectivity index (χ1v) is 8.97. The topological polar surface area (TPSA) is 45.5 Å². The lowest BCUT2D eigenvalue weighted by atomic mass is 9.74. The van der Waals surface area contributed by atoms with Gasteiger partial charge in [0, 0.05) is 29.7 Å². The van der Waals surface area contributed by atoms with Crippen molar-refractivity contribution in [3.05, 3.63) is 41.1 Å². The number of benzene rings is 1. The van der Waals surface area contributed by atoms with E-state index in [-0.39, 0.29) is 0 Å². The summed E-state index contributed by atoms with van der Waals surface area (Å²) in [6.07, 6.45) is 5.52. The van der Waals surface area contributed by atoms with E-state index in [1.165, 1.54) is 28.6 Å². The molecule has 0 bridgehead atoms. The molecular weight excluding hydrogens is 300 g/mol. The number of piperidine rings is 1. The number of rotatable bonds is 2. The molecule has 0 spiro atoms. The standard InChI is InChI=1S/C20H22N2O2/c1-12(20(23)24)16-11-22-17-7-3-2-5-13(17)15-8-10-21-9-4-6-14(16)18(21)19(15)22/h2-3,5,7,11-12,14,18H,4,6,8-10H2,1H3,(H,23,24)/t12?,14-,18-/m1/s1. The molecule has 1 N–H and O–H groups in total. The molecule has 0 saturated carbocycles. The summed E-state index contributed by atoms with van der Waals surface area (Å²) in [6, 6.07) is 8.94. The lowest BCUT2D eigenvalue weighted by molar-refractivity contribution is -0.140. The highest BCUT2D eigenvalue weighted by atomic mass is 16.4. The van der Waals surface area contributed by atoms with Gasteiger partial charge in [-0.25, -0.2) is 0 Å². The van der Waals surface area contributed by atoms with E-state index in [1.54, 1.807) is 0 Å². The monoisotopic (exact) mass is 322 g/mol. The summed E-state index contributed by atoms with van der Waals surface area (Å²) in [7, 11) is 0. The number of hydrogen-bond donors (Lipinski definition) is 1. The van der Waals surface area contributed by atoms with E-state index in [0.717, 1.165) is 31.5 Å². The van der Waals surface area contributed by atoms with Crippen molar-refractivity contribution < 1.29 is 9.90 Å². The minimum Gasteiger partial charge on any atom is -0.481 e. The molecule has 0 amide bonds. The smallest absolute Gasteiger partial charge is 0.310 e. The zero-order valence-electron chi connectivity index (χ0n) is 13.9. The van der Waals surface area contributed by atoms with Gasteiger partial charge < -0.3 is 9.67 Å². The largest absolute Gasteiger partial charge is 0.481 e. The summed E-state index contributed by atoms with van der Waals surface area (Å²) in [5.41, 5.74) is 5.23. The van der Waals surface area contributed by atoms with Crippen molar-refractivity contribution in [1.82, 2.24) is 9.47 Å². The Morgan fingerprint density at radius 3 is 2.96 bits per heavy atom. The molecule has 0 radical (unpaired) electrons. The molecule has 3 aliphatic rings. The molecule has 124 valence electrons. The summed E-state index contributed by atoms with van der Waals surface area (Å²) >= 11 is 0. The maximum absolute atomic E-state index is 11.7. The summed E-state index contributed by atoms with van der Waals surface area (Å²) < 4.78 is 2.30. The molecule has 3 atom stereocenters. The highest BCUT2D eigenvalue weighted by Gasteiger charge is 2.45. The lowest BCUT2D eigenvalue weighted by Gasteiger charge is -2.48. The third-order valence-corrected chi connectivity index (χ3v) is 6.30. The van der Waals surface area contributed by atoms with Crippen LogP contribution in [0.15, 0.2) is 29.8 Å². The average molecular weight is 322 g/mol. The van der Waals surface area contributed by atoms with Crippen LogP contribution in [0.4, 0.5) is 0 Å².